The van der Waals surface area contributed by atoms with Crippen molar-refractivity contribution in [3.63, 3.8) is 0 Å². The highest BCUT2D eigenvalue weighted by Crippen LogP contribution is 2.23. The van der Waals surface area contributed by atoms with Gasteiger partial charge in [0, 0.05) is 37.5 Å². The fourth-order valence-corrected chi connectivity index (χ4v) is 2.72. The van der Waals surface area contributed by atoms with E-state index in [1.165, 1.54) is 0 Å². The third-order valence-electron chi connectivity index (χ3n) is 4.36. The highest BCUT2D eigenvalue weighted by atomic mass is 35.5. The number of hydrogen-bond acceptors (Lipinski definition) is 4. The van der Waals surface area contributed by atoms with Crippen LogP contribution in [0.25, 0.3) is 0 Å². The van der Waals surface area contributed by atoms with Gasteiger partial charge in [0.1, 0.15) is 5.75 Å². The number of halogens is 2. The van der Waals surface area contributed by atoms with Crippen LogP contribution in [0.3, 0.4) is 0 Å². The van der Waals surface area contributed by atoms with Crippen molar-refractivity contribution in [1.29, 1.82) is 0 Å². The third kappa shape index (κ3) is 7.06. The zero-order chi connectivity index (χ0) is 19.1. The molecule has 0 saturated heterocycles. The number of hydrogen-bond donors (Lipinski definition) is 1. The van der Waals surface area contributed by atoms with Crippen LogP contribution in [0, 0.1) is 0 Å². The molecule has 3 aromatic rings. The molecule has 0 saturated carbocycles. The van der Waals surface area contributed by atoms with Crippen LogP contribution in [0.15, 0.2) is 79.0 Å². The fourth-order valence-electron chi connectivity index (χ4n) is 2.72. The number of ether oxygens (including phenoxy) is 1. The van der Waals surface area contributed by atoms with Gasteiger partial charge in [0.15, 0.2) is 0 Å². The predicted molar refractivity (Wildman–Crippen MR) is 121 cm³/mol. The molecule has 0 aliphatic heterocycles. The standard InChI is InChI=1S/C22H23N3O2.2ClH/c1-25(22(26)15-14-20(23)17-7-3-2-4-8-17)18-10-12-19(13-11-18)27-21-9-5-6-16-24-21;;/h2-13,16,20H,14-15,23H2,1H3;2*1H. The van der Waals surface area contributed by atoms with Crippen molar-refractivity contribution < 1.29 is 9.53 Å². The van der Waals surface area contributed by atoms with Crippen LogP contribution in [0.4, 0.5) is 5.69 Å². The summed E-state index contributed by atoms with van der Waals surface area (Å²) in [5.74, 6) is 1.23. The largest absolute Gasteiger partial charge is 0.439 e. The summed E-state index contributed by atoms with van der Waals surface area (Å²) < 4.78 is 5.67. The molecule has 0 aliphatic rings. The molecule has 2 N–H and O–H groups in total. The molecule has 3 rings (SSSR count). The summed E-state index contributed by atoms with van der Waals surface area (Å²) in [4.78, 5) is 18.3. The van der Waals surface area contributed by atoms with Crippen LogP contribution in [-0.4, -0.2) is 17.9 Å². The molecule has 0 spiro atoms. The predicted octanol–water partition coefficient (Wildman–Crippen LogP) is 5.16. The Morgan fingerprint density at radius 1 is 1.00 bits per heavy atom. The highest BCUT2D eigenvalue weighted by molar-refractivity contribution is 5.92. The van der Waals surface area contributed by atoms with Gasteiger partial charge in [-0.05, 0) is 42.3 Å². The molecular formula is C22H25Cl2N3O2. The average molecular weight is 434 g/mol. The van der Waals surface area contributed by atoms with Crippen molar-refractivity contribution in [3.05, 3.63) is 84.6 Å². The van der Waals surface area contributed by atoms with E-state index in [2.05, 4.69) is 4.98 Å². The van der Waals surface area contributed by atoms with Gasteiger partial charge in [-0.3, -0.25) is 4.79 Å². The summed E-state index contributed by atoms with van der Waals surface area (Å²) >= 11 is 0. The summed E-state index contributed by atoms with van der Waals surface area (Å²) in [6.07, 6.45) is 2.67. The van der Waals surface area contributed by atoms with Crippen LogP contribution in [-0.2, 0) is 4.79 Å². The maximum atomic E-state index is 12.5. The molecule has 1 heterocycles. The van der Waals surface area contributed by atoms with Crippen LogP contribution < -0.4 is 15.4 Å². The molecule has 2 aromatic carbocycles. The number of nitrogens with two attached hydrogens (primary N) is 1. The van der Waals surface area contributed by atoms with Gasteiger partial charge in [-0.1, -0.05) is 36.4 Å². The van der Waals surface area contributed by atoms with Gasteiger partial charge < -0.3 is 15.4 Å². The zero-order valence-corrected chi connectivity index (χ0v) is 17.7. The first-order valence-electron chi connectivity index (χ1n) is 8.89. The number of carbonyl (C=O) groups excluding carboxylic acids is 1. The molecule has 0 radical (unpaired) electrons. The number of carbonyl (C=O) groups is 1. The minimum absolute atomic E-state index is 0. The van der Waals surface area contributed by atoms with Crippen molar-refractivity contribution >= 4 is 36.4 Å². The molecule has 154 valence electrons. The van der Waals surface area contributed by atoms with E-state index >= 15 is 0 Å². The Labute approximate surface area is 183 Å². The second-order valence-corrected chi connectivity index (χ2v) is 6.27. The van der Waals surface area contributed by atoms with E-state index in [1.807, 2.05) is 66.7 Å². The smallest absolute Gasteiger partial charge is 0.226 e. The van der Waals surface area contributed by atoms with Gasteiger partial charge in [-0.2, -0.15) is 0 Å². The van der Waals surface area contributed by atoms with E-state index in [0.29, 0.717) is 24.5 Å². The van der Waals surface area contributed by atoms with Crippen molar-refractivity contribution in [1.82, 2.24) is 4.98 Å². The quantitative estimate of drug-likeness (QED) is 0.558. The Balaban J connectivity index is 0.00000210. The van der Waals surface area contributed by atoms with Crippen molar-refractivity contribution in [2.24, 2.45) is 5.73 Å². The van der Waals surface area contributed by atoms with Crippen LogP contribution in [0.2, 0.25) is 0 Å². The number of aromatic nitrogens is 1. The lowest BCUT2D eigenvalue weighted by molar-refractivity contribution is -0.118. The summed E-state index contributed by atoms with van der Waals surface area (Å²) in [5.41, 5.74) is 8.03. The number of amides is 1. The number of anilines is 1. The van der Waals surface area contributed by atoms with Gasteiger partial charge >= 0.3 is 0 Å². The number of benzene rings is 2. The third-order valence-corrected chi connectivity index (χ3v) is 4.36. The number of pyridine rings is 1. The first-order chi connectivity index (χ1) is 13.1. The Kier molecular flexibility index (Phi) is 10.2. The lowest BCUT2D eigenvalue weighted by atomic mass is 10.0. The molecule has 5 nitrogen and oxygen atoms in total. The number of nitrogens with zero attached hydrogens (tertiary/aromatic N) is 2. The fraction of sp³-hybridized carbons (Fsp3) is 0.182. The molecule has 1 amide bonds. The molecule has 7 heteroatoms. The summed E-state index contributed by atoms with van der Waals surface area (Å²) in [7, 11) is 1.77. The van der Waals surface area contributed by atoms with E-state index in [1.54, 1.807) is 24.2 Å². The van der Waals surface area contributed by atoms with Crippen molar-refractivity contribution in [2.45, 2.75) is 18.9 Å². The Morgan fingerprint density at radius 3 is 2.28 bits per heavy atom. The summed E-state index contributed by atoms with van der Waals surface area (Å²) in [5, 5.41) is 0. The molecule has 1 aromatic heterocycles. The SMILES string of the molecule is CN(C(=O)CCC(N)c1ccccc1)c1ccc(Oc2ccccn2)cc1.Cl.Cl. The van der Waals surface area contributed by atoms with Crippen LogP contribution >= 0.6 is 24.8 Å². The second kappa shape index (κ2) is 12.1. The molecule has 0 aliphatic carbocycles. The maximum Gasteiger partial charge on any atom is 0.226 e. The monoisotopic (exact) mass is 433 g/mol. The first-order valence-corrected chi connectivity index (χ1v) is 8.89. The number of rotatable bonds is 7. The van der Waals surface area contributed by atoms with Crippen molar-refractivity contribution in [3.8, 4) is 11.6 Å². The maximum absolute atomic E-state index is 12.5. The molecule has 29 heavy (non-hydrogen) atoms. The van der Waals surface area contributed by atoms with Crippen molar-refractivity contribution in [2.75, 3.05) is 11.9 Å². The van der Waals surface area contributed by atoms with E-state index in [0.717, 1.165) is 11.3 Å². The lowest BCUT2D eigenvalue weighted by Crippen LogP contribution is -2.27. The van der Waals surface area contributed by atoms with Crippen LogP contribution in [0.5, 0.6) is 11.6 Å². The van der Waals surface area contributed by atoms with Gasteiger partial charge in [0.25, 0.3) is 0 Å². The van der Waals surface area contributed by atoms with E-state index in [4.69, 9.17) is 10.5 Å². The topological polar surface area (TPSA) is 68.5 Å². The Hall–Kier alpha value is -2.60. The lowest BCUT2D eigenvalue weighted by Gasteiger charge is -2.19. The van der Waals surface area contributed by atoms with Crippen LogP contribution in [0.1, 0.15) is 24.4 Å². The van der Waals surface area contributed by atoms with E-state index in [-0.39, 0.29) is 36.8 Å². The van der Waals surface area contributed by atoms with Gasteiger partial charge in [0.2, 0.25) is 11.8 Å². The minimum atomic E-state index is -0.141. The second-order valence-electron chi connectivity index (χ2n) is 6.27. The normalized spacial score (nSPS) is 10.8. The van der Waals surface area contributed by atoms with E-state index in [9.17, 15) is 4.79 Å². The Morgan fingerprint density at radius 2 is 1.66 bits per heavy atom. The molecular weight excluding hydrogens is 409 g/mol. The summed E-state index contributed by atoms with van der Waals surface area (Å²) in [6, 6.07) is 22.5. The van der Waals surface area contributed by atoms with Gasteiger partial charge in [0.05, 0.1) is 0 Å². The van der Waals surface area contributed by atoms with Gasteiger partial charge in [-0.15, -0.1) is 24.8 Å². The highest BCUT2D eigenvalue weighted by Gasteiger charge is 2.14. The molecule has 0 bridgehead atoms. The Bertz CT molecular complexity index is 862. The van der Waals surface area contributed by atoms with E-state index < -0.39 is 0 Å². The van der Waals surface area contributed by atoms with Gasteiger partial charge in [-0.25, -0.2) is 4.98 Å². The molecule has 1 atom stereocenters. The average Bonchev–Trinajstić information content (AvgIpc) is 2.73. The minimum Gasteiger partial charge on any atom is -0.439 e. The first kappa shape index (κ1) is 24.4. The summed E-state index contributed by atoms with van der Waals surface area (Å²) in [6.45, 7) is 0. The zero-order valence-electron chi connectivity index (χ0n) is 16.1. The molecule has 0 fully saturated rings. The molecule has 1 unspecified atom stereocenters.